The normalized spacial score (nSPS) is 15.5. The van der Waals surface area contributed by atoms with Gasteiger partial charge in [0.2, 0.25) is 0 Å². The van der Waals surface area contributed by atoms with Crippen molar-refractivity contribution in [2.75, 3.05) is 37.7 Å². The van der Waals surface area contributed by atoms with Gasteiger partial charge in [-0.05, 0) is 29.8 Å². The zero-order chi connectivity index (χ0) is 18.5. The number of phenolic OH excluding ortho intramolecular Hbond substituents is 2. The Balaban J connectivity index is 1.57. The molecular formula is C19H22N2O5. The number of nitrogens with zero attached hydrogens (tertiary/aromatic N) is 1. The molecule has 0 radical (unpaired) electrons. The van der Waals surface area contributed by atoms with E-state index in [-0.39, 0.29) is 23.6 Å². The lowest BCUT2D eigenvalue weighted by atomic mass is 10.1. The molecule has 7 nitrogen and oxygen atoms in total. The number of aliphatic hydroxyl groups is 1. The van der Waals surface area contributed by atoms with E-state index in [1.165, 1.54) is 12.1 Å². The predicted octanol–water partition coefficient (Wildman–Crippen LogP) is 1.40. The summed E-state index contributed by atoms with van der Waals surface area (Å²) in [6, 6.07) is 11.2. The first-order chi connectivity index (χ1) is 12.5. The maximum atomic E-state index is 12.1. The Morgan fingerprint density at radius 2 is 1.69 bits per heavy atom. The van der Waals surface area contributed by atoms with E-state index in [0.717, 1.165) is 24.8 Å². The number of aromatic hydroxyl groups is 2. The molecule has 0 aliphatic carbocycles. The second kappa shape index (κ2) is 8.07. The molecule has 138 valence electrons. The van der Waals surface area contributed by atoms with E-state index in [1.807, 2.05) is 24.3 Å². The highest BCUT2D eigenvalue weighted by Gasteiger charge is 2.14. The Kier molecular flexibility index (Phi) is 5.60. The van der Waals surface area contributed by atoms with Gasteiger partial charge in [0.05, 0.1) is 19.3 Å². The van der Waals surface area contributed by atoms with Crippen molar-refractivity contribution < 1.29 is 24.9 Å². The molecule has 1 fully saturated rings. The van der Waals surface area contributed by atoms with Crippen molar-refractivity contribution >= 4 is 11.6 Å². The van der Waals surface area contributed by atoms with Crippen LogP contribution >= 0.6 is 0 Å². The van der Waals surface area contributed by atoms with E-state index in [2.05, 4.69) is 10.2 Å². The summed E-state index contributed by atoms with van der Waals surface area (Å²) in [4.78, 5) is 14.3. The van der Waals surface area contributed by atoms with Crippen molar-refractivity contribution in [1.29, 1.82) is 0 Å². The van der Waals surface area contributed by atoms with Crippen molar-refractivity contribution in [2.45, 2.75) is 6.10 Å². The standard InChI is InChI=1S/C19H22N2O5/c22-16-9-14(10-17(23)11-16)19(25)20-12-18(24)13-1-3-15(4-2-13)21-5-7-26-8-6-21/h1-4,9-11,18,22-24H,5-8,12H2,(H,20,25). The predicted molar refractivity (Wildman–Crippen MR) is 96.5 cm³/mol. The second-order valence-corrected chi connectivity index (χ2v) is 6.15. The molecule has 1 amide bonds. The molecule has 0 bridgehead atoms. The first-order valence-corrected chi connectivity index (χ1v) is 8.45. The monoisotopic (exact) mass is 358 g/mol. The molecular weight excluding hydrogens is 336 g/mol. The van der Waals surface area contributed by atoms with Crippen LogP contribution in [0.4, 0.5) is 5.69 Å². The molecule has 4 N–H and O–H groups in total. The minimum atomic E-state index is -0.858. The Morgan fingerprint density at radius 1 is 1.08 bits per heavy atom. The highest BCUT2D eigenvalue weighted by molar-refractivity contribution is 5.95. The zero-order valence-electron chi connectivity index (χ0n) is 14.3. The summed E-state index contributed by atoms with van der Waals surface area (Å²) >= 11 is 0. The smallest absolute Gasteiger partial charge is 0.251 e. The minimum Gasteiger partial charge on any atom is -0.508 e. The van der Waals surface area contributed by atoms with Crippen LogP contribution in [-0.4, -0.2) is 54.1 Å². The number of aliphatic hydroxyl groups excluding tert-OH is 1. The Labute approximate surface area is 151 Å². The Hall–Kier alpha value is -2.77. The summed E-state index contributed by atoms with van der Waals surface area (Å²) in [7, 11) is 0. The third-order valence-electron chi connectivity index (χ3n) is 4.27. The number of morpholine rings is 1. The molecule has 1 heterocycles. The fourth-order valence-electron chi connectivity index (χ4n) is 2.86. The van der Waals surface area contributed by atoms with Gasteiger partial charge >= 0.3 is 0 Å². The fraction of sp³-hybridized carbons (Fsp3) is 0.316. The van der Waals surface area contributed by atoms with Crippen LogP contribution in [0.15, 0.2) is 42.5 Å². The lowest BCUT2D eigenvalue weighted by molar-refractivity contribution is 0.0915. The SMILES string of the molecule is O=C(NCC(O)c1ccc(N2CCOCC2)cc1)c1cc(O)cc(O)c1. The van der Waals surface area contributed by atoms with Crippen molar-refractivity contribution in [3.63, 3.8) is 0 Å². The second-order valence-electron chi connectivity index (χ2n) is 6.15. The third-order valence-corrected chi connectivity index (χ3v) is 4.27. The average molecular weight is 358 g/mol. The molecule has 7 heteroatoms. The maximum Gasteiger partial charge on any atom is 0.251 e. The first kappa shape index (κ1) is 18.0. The van der Waals surface area contributed by atoms with E-state index >= 15 is 0 Å². The Morgan fingerprint density at radius 3 is 2.31 bits per heavy atom. The summed E-state index contributed by atoms with van der Waals surface area (Å²) in [5.74, 6) is -0.885. The van der Waals surface area contributed by atoms with E-state index in [0.29, 0.717) is 18.8 Å². The zero-order valence-corrected chi connectivity index (χ0v) is 14.3. The maximum absolute atomic E-state index is 12.1. The number of benzene rings is 2. The molecule has 1 aliphatic heterocycles. The fourth-order valence-corrected chi connectivity index (χ4v) is 2.86. The van der Waals surface area contributed by atoms with E-state index in [9.17, 15) is 20.1 Å². The summed E-state index contributed by atoms with van der Waals surface area (Å²) in [6.07, 6.45) is -0.858. The number of carbonyl (C=O) groups is 1. The van der Waals surface area contributed by atoms with Crippen LogP contribution in [0, 0.1) is 0 Å². The minimum absolute atomic E-state index is 0.0200. The van der Waals surface area contributed by atoms with Gasteiger partial charge in [-0.1, -0.05) is 12.1 Å². The molecule has 1 aliphatic rings. The van der Waals surface area contributed by atoms with Gasteiger partial charge in [-0.2, -0.15) is 0 Å². The van der Waals surface area contributed by atoms with Crippen molar-refractivity contribution in [3.8, 4) is 11.5 Å². The van der Waals surface area contributed by atoms with Gasteiger partial charge in [0.15, 0.2) is 0 Å². The van der Waals surface area contributed by atoms with Crippen LogP contribution in [0.25, 0.3) is 0 Å². The first-order valence-electron chi connectivity index (χ1n) is 8.45. The van der Waals surface area contributed by atoms with Crippen LogP contribution in [0.2, 0.25) is 0 Å². The highest BCUT2D eigenvalue weighted by atomic mass is 16.5. The summed E-state index contributed by atoms with van der Waals surface area (Å²) in [6.45, 7) is 3.12. The largest absolute Gasteiger partial charge is 0.508 e. The van der Waals surface area contributed by atoms with Crippen LogP contribution in [0.1, 0.15) is 22.0 Å². The summed E-state index contributed by atoms with van der Waals surface area (Å²) in [5, 5.41) is 31.7. The number of hydrogen-bond acceptors (Lipinski definition) is 6. The third kappa shape index (κ3) is 4.44. The topological polar surface area (TPSA) is 102 Å². The van der Waals surface area contributed by atoms with E-state index in [4.69, 9.17) is 4.74 Å². The van der Waals surface area contributed by atoms with Crippen LogP contribution in [0.5, 0.6) is 11.5 Å². The van der Waals surface area contributed by atoms with Crippen molar-refractivity contribution in [3.05, 3.63) is 53.6 Å². The number of phenols is 2. The van der Waals surface area contributed by atoms with Gasteiger partial charge in [-0.25, -0.2) is 0 Å². The summed E-state index contributed by atoms with van der Waals surface area (Å²) in [5.41, 5.74) is 1.89. The molecule has 1 atom stereocenters. The van der Waals surface area contributed by atoms with Gasteiger partial charge in [-0.15, -0.1) is 0 Å². The lowest BCUT2D eigenvalue weighted by Crippen LogP contribution is -2.36. The summed E-state index contributed by atoms with van der Waals surface area (Å²) < 4.78 is 5.34. The molecule has 1 unspecified atom stereocenters. The number of nitrogens with one attached hydrogen (secondary N) is 1. The average Bonchev–Trinajstić information content (AvgIpc) is 2.66. The van der Waals surface area contributed by atoms with Crippen molar-refractivity contribution in [2.24, 2.45) is 0 Å². The molecule has 26 heavy (non-hydrogen) atoms. The number of rotatable bonds is 5. The van der Waals surface area contributed by atoms with Gasteiger partial charge < -0.3 is 30.3 Å². The Bertz CT molecular complexity index is 737. The molecule has 1 saturated heterocycles. The molecule has 0 aromatic heterocycles. The van der Waals surface area contributed by atoms with E-state index < -0.39 is 12.0 Å². The van der Waals surface area contributed by atoms with Gasteiger partial charge in [0, 0.05) is 37.0 Å². The number of hydrogen-bond donors (Lipinski definition) is 4. The number of amides is 1. The van der Waals surface area contributed by atoms with E-state index in [1.54, 1.807) is 0 Å². The van der Waals surface area contributed by atoms with Crippen LogP contribution in [-0.2, 0) is 4.74 Å². The van der Waals surface area contributed by atoms with Crippen LogP contribution in [0.3, 0.4) is 0 Å². The highest BCUT2D eigenvalue weighted by Crippen LogP contribution is 2.22. The van der Waals surface area contributed by atoms with Crippen molar-refractivity contribution in [1.82, 2.24) is 5.32 Å². The number of anilines is 1. The van der Waals surface area contributed by atoms with Crippen LogP contribution < -0.4 is 10.2 Å². The van der Waals surface area contributed by atoms with Gasteiger partial charge in [0.25, 0.3) is 5.91 Å². The lowest BCUT2D eigenvalue weighted by Gasteiger charge is -2.29. The molecule has 0 spiro atoms. The molecule has 0 saturated carbocycles. The quantitative estimate of drug-likeness (QED) is 0.644. The molecule has 3 rings (SSSR count). The number of carbonyl (C=O) groups excluding carboxylic acids is 1. The van der Waals surface area contributed by atoms with Gasteiger partial charge in [0.1, 0.15) is 11.5 Å². The molecule has 2 aromatic carbocycles. The van der Waals surface area contributed by atoms with Gasteiger partial charge in [-0.3, -0.25) is 4.79 Å². The molecule has 2 aromatic rings. The number of ether oxygens (including phenoxy) is 1.